The van der Waals surface area contributed by atoms with Crippen LogP contribution in [0.25, 0.3) is 11.1 Å². The second-order valence-corrected chi connectivity index (χ2v) is 10.3. The molecule has 2 aromatic heterocycles. The zero-order valence-electron chi connectivity index (χ0n) is 19.5. The molecule has 1 aliphatic heterocycles. The van der Waals surface area contributed by atoms with Crippen LogP contribution in [0.5, 0.6) is 5.75 Å². The summed E-state index contributed by atoms with van der Waals surface area (Å²) < 4.78 is 93.1. The molecule has 4 rings (SSSR count). The monoisotopic (exact) mass is 557 g/mol. The molecule has 3 atom stereocenters. The van der Waals surface area contributed by atoms with Gasteiger partial charge in [-0.2, -0.15) is 17.5 Å². The van der Waals surface area contributed by atoms with Crippen molar-refractivity contribution in [3.8, 4) is 16.9 Å². The lowest BCUT2D eigenvalue weighted by molar-refractivity contribution is -0.145. The molecule has 0 aliphatic carbocycles. The number of aromatic nitrogens is 3. The maximum Gasteiger partial charge on any atom is 0.451 e. The van der Waals surface area contributed by atoms with Crippen LogP contribution in [0.2, 0.25) is 0 Å². The Morgan fingerprint density at radius 2 is 1.76 bits per heavy atom. The average molecular weight is 558 g/mol. The fourth-order valence-electron chi connectivity index (χ4n) is 4.02. The Morgan fingerprint density at radius 3 is 2.37 bits per heavy atom. The Balaban J connectivity index is 1.52. The van der Waals surface area contributed by atoms with E-state index in [9.17, 15) is 40.3 Å². The Morgan fingerprint density at radius 1 is 1.13 bits per heavy atom. The van der Waals surface area contributed by atoms with E-state index in [1.807, 2.05) is 0 Å². The van der Waals surface area contributed by atoms with E-state index in [4.69, 9.17) is 0 Å². The summed E-state index contributed by atoms with van der Waals surface area (Å²) in [6, 6.07) is 2.62. The minimum atomic E-state index is -4.75. The number of aromatic hydroxyl groups is 1. The van der Waals surface area contributed by atoms with Crippen molar-refractivity contribution in [3.05, 3.63) is 66.3 Å². The molecule has 1 fully saturated rings. The number of halogens is 5. The summed E-state index contributed by atoms with van der Waals surface area (Å²) >= 11 is 0. The Hall–Kier alpha value is -3.72. The van der Waals surface area contributed by atoms with Gasteiger partial charge in [0.15, 0.2) is 0 Å². The largest absolute Gasteiger partial charge is 0.506 e. The molecule has 3 heterocycles. The molecule has 1 saturated heterocycles. The normalized spacial score (nSPS) is 20.4. The number of hydrogen-bond acceptors (Lipinski definition) is 7. The highest BCUT2D eigenvalue weighted by Gasteiger charge is 2.49. The molecule has 1 aromatic carbocycles. The van der Waals surface area contributed by atoms with E-state index in [-0.39, 0.29) is 34.0 Å². The molecule has 0 saturated carbocycles. The number of benzene rings is 1. The molecule has 9 nitrogen and oxygen atoms in total. The van der Waals surface area contributed by atoms with Gasteiger partial charge in [0.1, 0.15) is 23.8 Å². The van der Waals surface area contributed by atoms with Gasteiger partial charge < -0.3 is 10.4 Å². The van der Waals surface area contributed by atoms with Crippen LogP contribution in [-0.4, -0.2) is 56.9 Å². The van der Waals surface area contributed by atoms with Gasteiger partial charge >= 0.3 is 6.18 Å². The fourth-order valence-corrected chi connectivity index (χ4v) is 5.83. The Bertz CT molecular complexity index is 1440. The Labute approximate surface area is 213 Å². The molecule has 0 unspecified atom stereocenters. The summed E-state index contributed by atoms with van der Waals surface area (Å²) in [6.07, 6.45) is -4.05. The van der Waals surface area contributed by atoms with Gasteiger partial charge in [-0.3, -0.25) is 9.78 Å². The van der Waals surface area contributed by atoms with E-state index in [1.54, 1.807) is 0 Å². The average Bonchev–Trinajstić information content (AvgIpc) is 3.18. The third-order valence-corrected chi connectivity index (χ3v) is 7.98. The standard InChI is InChI=1S/C23H20F5N5O4S/c1-12-18(25)7-19(33(12)38(36,37)16-4-2-14(24)3-5-16)21(35)30-10-15-6-17(20(34)11-29-15)13-8-31-22(32-9-13)23(26,27)28/h2-6,8-9,11-12,18-19,34H,7,10H2,1H3,(H,30,35)/t12-,18+,19-/m0/s1. The van der Waals surface area contributed by atoms with Crippen molar-refractivity contribution in [3.63, 3.8) is 0 Å². The molecular formula is C23H20F5N5O4S. The molecule has 38 heavy (non-hydrogen) atoms. The SMILES string of the molecule is C[C@H]1[C@H](F)C[C@@H](C(=O)NCc2cc(-c3cnc(C(F)(F)F)nc3)c(O)cn2)N1S(=O)(=O)c1ccc(F)cc1. The van der Waals surface area contributed by atoms with Crippen LogP contribution >= 0.6 is 0 Å². The quantitative estimate of drug-likeness (QED) is 0.446. The molecule has 2 N–H and O–H groups in total. The molecule has 1 amide bonds. The number of alkyl halides is 4. The minimum absolute atomic E-state index is 0.0387. The predicted molar refractivity (Wildman–Crippen MR) is 122 cm³/mol. The van der Waals surface area contributed by atoms with Crippen molar-refractivity contribution in [2.45, 2.75) is 49.2 Å². The highest BCUT2D eigenvalue weighted by atomic mass is 32.2. The van der Waals surface area contributed by atoms with Gasteiger partial charge in [-0.15, -0.1) is 0 Å². The van der Waals surface area contributed by atoms with Crippen LogP contribution in [0.15, 0.2) is 53.8 Å². The molecule has 1 aliphatic rings. The van der Waals surface area contributed by atoms with Crippen molar-refractivity contribution < 1.29 is 40.3 Å². The van der Waals surface area contributed by atoms with Gasteiger partial charge in [-0.05, 0) is 37.3 Å². The number of pyridine rings is 1. The van der Waals surface area contributed by atoms with Gasteiger partial charge in [-0.25, -0.2) is 27.2 Å². The zero-order valence-corrected chi connectivity index (χ0v) is 20.3. The summed E-state index contributed by atoms with van der Waals surface area (Å²) in [4.78, 5) is 23.1. The number of rotatable bonds is 6. The van der Waals surface area contributed by atoms with Crippen LogP contribution in [-0.2, 0) is 27.5 Å². The number of carbonyl (C=O) groups is 1. The predicted octanol–water partition coefficient (Wildman–Crippen LogP) is 3.21. The first kappa shape index (κ1) is 27.3. The molecule has 0 bridgehead atoms. The second kappa shape index (κ2) is 10.2. The molecule has 0 spiro atoms. The number of carbonyl (C=O) groups excluding carboxylic acids is 1. The van der Waals surface area contributed by atoms with Crippen LogP contribution in [0.1, 0.15) is 24.9 Å². The molecule has 0 radical (unpaired) electrons. The van der Waals surface area contributed by atoms with Gasteiger partial charge in [0.25, 0.3) is 0 Å². The third-order valence-electron chi connectivity index (χ3n) is 5.97. The third kappa shape index (κ3) is 5.43. The summed E-state index contributed by atoms with van der Waals surface area (Å²) in [7, 11) is -4.35. The highest BCUT2D eigenvalue weighted by molar-refractivity contribution is 7.89. The summed E-state index contributed by atoms with van der Waals surface area (Å²) in [5, 5.41) is 12.6. The van der Waals surface area contributed by atoms with E-state index in [2.05, 4.69) is 20.3 Å². The van der Waals surface area contributed by atoms with E-state index < -0.39 is 58.4 Å². The van der Waals surface area contributed by atoms with E-state index in [1.165, 1.54) is 13.0 Å². The number of sulfonamides is 1. The Kier molecular flexibility index (Phi) is 7.34. The minimum Gasteiger partial charge on any atom is -0.506 e. The van der Waals surface area contributed by atoms with E-state index >= 15 is 0 Å². The van der Waals surface area contributed by atoms with Crippen LogP contribution in [0, 0.1) is 5.82 Å². The first-order valence-corrected chi connectivity index (χ1v) is 12.5. The van der Waals surface area contributed by atoms with Crippen LogP contribution in [0.3, 0.4) is 0 Å². The van der Waals surface area contributed by atoms with Crippen LogP contribution < -0.4 is 5.32 Å². The lowest BCUT2D eigenvalue weighted by Crippen LogP contribution is -2.48. The molecule has 202 valence electrons. The summed E-state index contributed by atoms with van der Waals surface area (Å²) in [6.45, 7) is 1.04. The summed E-state index contributed by atoms with van der Waals surface area (Å²) in [5.41, 5.74) is 0.241. The van der Waals surface area contributed by atoms with E-state index in [0.29, 0.717) is 0 Å². The molecular weight excluding hydrogens is 537 g/mol. The first-order valence-electron chi connectivity index (χ1n) is 11.1. The smallest absolute Gasteiger partial charge is 0.451 e. The van der Waals surface area contributed by atoms with Gasteiger partial charge in [0.2, 0.25) is 21.8 Å². The fraction of sp³-hybridized carbons (Fsp3) is 0.304. The molecule has 15 heteroatoms. The lowest BCUT2D eigenvalue weighted by atomic mass is 10.1. The van der Waals surface area contributed by atoms with E-state index in [0.717, 1.165) is 47.2 Å². The van der Waals surface area contributed by atoms with Crippen LogP contribution in [0.4, 0.5) is 22.0 Å². The number of amides is 1. The van der Waals surface area contributed by atoms with Gasteiger partial charge in [-0.1, -0.05) is 0 Å². The maximum absolute atomic E-state index is 14.6. The van der Waals surface area contributed by atoms with Gasteiger partial charge in [0.05, 0.1) is 29.4 Å². The van der Waals surface area contributed by atoms with Gasteiger partial charge in [0, 0.05) is 29.9 Å². The van der Waals surface area contributed by atoms with Crippen molar-refractivity contribution in [1.29, 1.82) is 0 Å². The topological polar surface area (TPSA) is 125 Å². The van der Waals surface area contributed by atoms with Crippen molar-refractivity contribution in [2.24, 2.45) is 0 Å². The molecule has 3 aromatic rings. The van der Waals surface area contributed by atoms with Crippen molar-refractivity contribution in [2.75, 3.05) is 0 Å². The van der Waals surface area contributed by atoms with Crippen molar-refractivity contribution >= 4 is 15.9 Å². The zero-order chi connectivity index (χ0) is 27.8. The number of nitrogens with zero attached hydrogens (tertiary/aromatic N) is 4. The number of nitrogens with one attached hydrogen (secondary N) is 1. The highest BCUT2D eigenvalue weighted by Crippen LogP contribution is 2.34. The lowest BCUT2D eigenvalue weighted by Gasteiger charge is -2.26. The summed E-state index contributed by atoms with van der Waals surface area (Å²) in [5.74, 6) is -3.24. The first-order chi connectivity index (χ1) is 17.8. The maximum atomic E-state index is 14.6. The second-order valence-electron chi connectivity index (χ2n) is 8.50. The number of hydrogen-bond donors (Lipinski definition) is 2. The van der Waals surface area contributed by atoms with Crippen molar-refractivity contribution in [1.82, 2.24) is 24.6 Å².